The standard InChI is InChI=1S/C11H9ClF2N2O3S2/c1-6-9(20-10(12)15-6)21(17,18)16-7-4-2-3-5-8(7)19-11(13)14/h2-5,11,16H,1H3. The van der Waals surface area contributed by atoms with E-state index in [1.165, 1.54) is 31.2 Å². The van der Waals surface area contributed by atoms with Crippen molar-refractivity contribution in [2.75, 3.05) is 4.72 Å². The van der Waals surface area contributed by atoms with Gasteiger partial charge in [-0.2, -0.15) is 8.78 Å². The Morgan fingerprint density at radius 3 is 2.62 bits per heavy atom. The van der Waals surface area contributed by atoms with Crippen molar-refractivity contribution in [3.63, 3.8) is 0 Å². The molecule has 10 heteroatoms. The number of nitrogens with one attached hydrogen (secondary N) is 1. The number of aryl methyl sites for hydroxylation is 1. The number of alkyl halides is 2. The zero-order valence-corrected chi connectivity index (χ0v) is 12.9. The van der Waals surface area contributed by atoms with Crippen molar-refractivity contribution in [2.24, 2.45) is 0 Å². The lowest BCUT2D eigenvalue weighted by Crippen LogP contribution is -2.14. The fourth-order valence-electron chi connectivity index (χ4n) is 1.54. The number of halogens is 3. The van der Waals surface area contributed by atoms with E-state index >= 15 is 0 Å². The van der Waals surface area contributed by atoms with Crippen LogP contribution in [-0.4, -0.2) is 20.0 Å². The third-order valence-corrected chi connectivity index (χ3v) is 5.56. The molecule has 1 aromatic carbocycles. The van der Waals surface area contributed by atoms with Gasteiger partial charge >= 0.3 is 6.61 Å². The van der Waals surface area contributed by atoms with Gasteiger partial charge in [0.25, 0.3) is 10.0 Å². The zero-order valence-electron chi connectivity index (χ0n) is 10.5. The number of ether oxygens (including phenoxy) is 1. The van der Waals surface area contributed by atoms with Gasteiger partial charge in [0.15, 0.2) is 8.68 Å². The van der Waals surface area contributed by atoms with E-state index in [1.54, 1.807) is 0 Å². The Kier molecular flexibility index (Phi) is 4.64. The van der Waals surface area contributed by atoms with Gasteiger partial charge in [-0.05, 0) is 19.1 Å². The van der Waals surface area contributed by atoms with Crippen LogP contribution in [0.25, 0.3) is 0 Å². The highest BCUT2D eigenvalue weighted by Gasteiger charge is 2.23. The molecule has 0 unspecified atom stereocenters. The predicted octanol–water partition coefficient (Wildman–Crippen LogP) is 3.51. The number of benzene rings is 1. The van der Waals surface area contributed by atoms with E-state index in [4.69, 9.17) is 11.6 Å². The molecule has 0 saturated heterocycles. The van der Waals surface area contributed by atoms with Crippen molar-refractivity contribution in [1.82, 2.24) is 4.98 Å². The van der Waals surface area contributed by atoms with Crippen molar-refractivity contribution in [3.8, 4) is 5.75 Å². The summed E-state index contributed by atoms with van der Waals surface area (Å²) < 4.78 is 55.5. The Bertz CT molecular complexity index is 750. The summed E-state index contributed by atoms with van der Waals surface area (Å²) in [5.74, 6) is -0.274. The fourth-order valence-corrected chi connectivity index (χ4v) is 4.35. The minimum Gasteiger partial charge on any atom is -0.433 e. The van der Waals surface area contributed by atoms with Crippen LogP contribution in [0.2, 0.25) is 4.47 Å². The number of hydrogen-bond acceptors (Lipinski definition) is 5. The Morgan fingerprint density at radius 2 is 2.05 bits per heavy atom. The lowest BCUT2D eigenvalue weighted by Gasteiger charge is -2.12. The SMILES string of the molecule is Cc1nc(Cl)sc1S(=O)(=O)Nc1ccccc1OC(F)F. The van der Waals surface area contributed by atoms with E-state index < -0.39 is 16.6 Å². The topological polar surface area (TPSA) is 68.3 Å². The van der Waals surface area contributed by atoms with Crippen molar-refractivity contribution < 1.29 is 21.9 Å². The van der Waals surface area contributed by atoms with E-state index in [0.717, 1.165) is 11.3 Å². The second kappa shape index (κ2) is 6.12. The van der Waals surface area contributed by atoms with Crippen LogP contribution in [0.15, 0.2) is 28.5 Å². The largest absolute Gasteiger partial charge is 0.433 e. The lowest BCUT2D eigenvalue weighted by atomic mass is 10.3. The van der Waals surface area contributed by atoms with Crippen LogP contribution in [-0.2, 0) is 10.0 Å². The van der Waals surface area contributed by atoms with Gasteiger partial charge in [0.2, 0.25) is 0 Å². The highest BCUT2D eigenvalue weighted by atomic mass is 35.5. The van der Waals surface area contributed by atoms with Crippen LogP contribution in [0, 0.1) is 6.92 Å². The minimum atomic E-state index is -3.98. The van der Waals surface area contributed by atoms with Crippen LogP contribution < -0.4 is 9.46 Å². The van der Waals surface area contributed by atoms with Gasteiger partial charge in [-0.25, -0.2) is 13.4 Å². The molecule has 1 heterocycles. The number of para-hydroxylation sites is 2. The number of aromatic nitrogens is 1. The molecule has 0 atom stereocenters. The van der Waals surface area contributed by atoms with Crippen molar-refractivity contribution >= 4 is 38.6 Å². The second-order valence-corrected chi connectivity index (χ2v) is 7.28. The number of rotatable bonds is 5. The summed E-state index contributed by atoms with van der Waals surface area (Å²) in [6.07, 6.45) is 0. The van der Waals surface area contributed by atoms with Gasteiger partial charge in [0.05, 0.1) is 11.4 Å². The van der Waals surface area contributed by atoms with Crippen molar-refractivity contribution in [3.05, 3.63) is 34.4 Å². The van der Waals surface area contributed by atoms with Crippen molar-refractivity contribution in [2.45, 2.75) is 17.7 Å². The minimum absolute atomic E-state index is 0.0741. The van der Waals surface area contributed by atoms with E-state index in [2.05, 4.69) is 14.4 Å². The quantitative estimate of drug-likeness (QED) is 0.892. The number of nitrogens with zero attached hydrogens (tertiary/aromatic N) is 1. The number of sulfonamides is 1. The third-order valence-electron chi connectivity index (χ3n) is 2.32. The van der Waals surface area contributed by atoms with Crippen LogP contribution in [0.4, 0.5) is 14.5 Å². The van der Waals surface area contributed by atoms with Crippen molar-refractivity contribution in [1.29, 1.82) is 0 Å². The van der Waals surface area contributed by atoms with Gasteiger partial charge < -0.3 is 4.74 Å². The molecule has 0 aliphatic carbocycles. The highest BCUT2D eigenvalue weighted by molar-refractivity contribution is 7.94. The van der Waals surface area contributed by atoms with E-state index in [9.17, 15) is 17.2 Å². The smallest absolute Gasteiger partial charge is 0.387 e. The van der Waals surface area contributed by atoms with Gasteiger partial charge in [0, 0.05) is 0 Å². The Morgan fingerprint density at radius 1 is 1.38 bits per heavy atom. The Balaban J connectivity index is 2.35. The van der Waals surface area contributed by atoms with Gasteiger partial charge in [-0.15, -0.1) is 0 Å². The molecule has 1 aromatic heterocycles. The Labute approximate surface area is 128 Å². The summed E-state index contributed by atoms with van der Waals surface area (Å²) in [6.45, 7) is -1.58. The van der Waals surface area contributed by atoms with Gasteiger partial charge in [-0.3, -0.25) is 4.72 Å². The molecule has 21 heavy (non-hydrogen) atoms. The van der Waals surface area contributed by atoms with Crippen LogP contribution >= 0.6 is 22.9 Å². The van der Waals surface area contributed by atoms with Gasteiger partial charge in [0.1, 0.15) is 5.75 Å². The molecule has 1 N–H and O–H groups in total. The first kappa shape index (κ1) is 15.9. The molecule has 0 aliphatic heterocycles. The lowest BCUT2D eigenvalue weighted by molar-refractivity contribution is -0.0493. The molecular formula is C11H9ClF2N2O3S2. The maximum atomic E-state index is 12.3. The second-order valence-electron chi connectivity index (χ2n) is 3.82. The maximum Gasteiger partial charge on any atom is 0.387 e. The molecule has 5 nitrogen and oxygen atoms in total. The summed E-state index contributed by atoms with van der Waals surface area (Å²) in [4.78, 5) is 3.80. The number of thiazole rings is 1. The Hall–Kier alpha value is -1.45. The van der Waals surface area contributed by atoms with E-state index in [1.807, 2.05) is 0 Å². The van der Waals surface area contributed by atoms with Crippen LogP contribution in [0.1, 0.15) is 5.69 Å². The third kappa shape index (κ3) is 3.80. The van der Waals surface area contributed by atoms with Crippen LogP contribution in [0.5, 0.6) is 5.75 Å². The molecule has 0 radical (unpaired) electrons. The molecule has 0 fully saturated rings. The first-order valence-electron chi connectivity index (χ1n) is 5.49. The summed E-state index contributed by atoms with van der Waals surface area (Å²) in [7, 11) is -3.98. The average molecular weight is 355 g/mol. The molecule has 0 saturated carbocycles. The molecule has 0 bridgehead atoms. The first-order chi connectivity index (χ1) is 9.79. The summed E-state index contributed by atoms with van der Waals surface area (Å²) in [5, 5.41) is 0. The molecule has 2 aromatic rings. The van der Waals surface area contributed by atoms with Gasteiger partial charge in [-0.1, -0.05) is 35.1 Å². The average Bonchev–Trinajstić information content (AvgIpc) is 2.71. The molecule has 0 aliphatic rings. The molecular weight excluding hydrogens is 346 g/mol. The summed E-state index contributed by atoms with van der Waals surface area (Å²) >= 11 is 6.44. The molecule has 0 spiro atoms. The van der Waals surface area contributed by atoms with E-state index in [-0.39, 0.29) is 25.8 Å². The summed E-state index contributed by atoms with van der Waals surface area (Å²) in [6, 6.07) is 5.48. The predicted molar refractivity (Wildman–Crippen MR) is 75.7 cm³/mol. The zero-order chi connectivity index (χ0) is 15.6. The first-order valence-corrected chi connectivity index (χ1v) is 8.17. The number of anilines is 1. The highest BCUT2D eigenvalue weighted by Crippen LogP contribution is 2.31. The molecule has 0 amide bonds. The molecule has 114 valence electrons. The maximum absolute atomic E-state index is 12.3. The monoisotopic (exact) mass is 354 g/mol. The van der Waals surface area contributed by atoms with Crippen LogP contribution in [0.3, 0.4) is 0 Å². The summed E-state index contributed by atoms with van der Waals surface area (Å²) in [5.41, 5.74) is 0.131. The van der Waals surface area contributed by atoms with E-state index in [0.29, 0.717) is 0 Å². The fraction of sp³-hybridized carbons (Fsp3) is 0.182. The number of hydrogen-bond donors (Lipinski definition) is 1. The normalized spacial score (nSPS) is 11.7. The molecule has 2 rings (SSSR count).